The first kappa shape index (κ1) is 32.0. The summed E-state index contributed by atoms with van der Waals surface area (Å²) in [4.78, 5) is 15.7. The van der Waals surface area contributed by atoms with Crippen molar-refractivity contribution in [1.82, 2.24) is 15.0 Å². The van der Waals surface area contributed by atoms with Gasteiger partial charge in [0.05, 0.1) is 5.41 Å². The van der Waals surface area contributed by atoms with Crippen molar-refractivity contribution >= 4 is 0 Å². The van der Waals surface area contributed by atoms with Crippen LogP contribution in [0.4, 0.5) is 0 Å². The summed E-state index contributed by atoms with van der Waals surface area (Å²) in [6.45, 7) is 0. The van der Waals surface area contributed by atoms with Crippen LogP contribution in [0.3, 0.4) is 0 Å². The minimum Gasteiger partial charge on any atom is -0.457 e. The van der Waals surface area contributed by atoms with E-state index in [-0.39, 0.29) is 0 Å². The third-order valence-corrected chi connectivity index (χ3v) is 11.2. The summed E-state index contributed by atoms with van der Waals surface area (Å²) in [6.07, 6.45) is 0. The van der Waals surface area contributed by atoms with E-state index in [9.17, 15) is 0 Å². The SMILES string of the molecule is c1ccc(-c2ccc(-c3nc(-c4ccc(-c5ccccc5)cc4)nc(-c4cccc5c4-c4ccccc4C54c5ccccc5Oc5ccccc54)n3)cc2)cc1. The minimum atomic E-state index is -0.591. The second kappa shape index (κ2) is 12.9. The number of aromatic nitrogens is 3. The summed E-state index contributed by atoms with van der Waals surface area (Å²) in [5.41, 5.74) is 13.7. The van der Waals surface area contributed by atoms with Crippen LogP contribution in [-0.2, 0) is 5.41 Å². The summed E-state index contributed by atoms with van der Waals surface area (Å²) in [5, 5.41) is 0. The number of hydrogen-bond acceptors (Lipinski definition) is 4. The van der Waals surface area contributed by atoms with Gasteiger partial charge < -0.3 is 4.74 Å². The van der Waals surface area contributed by atoms with Crippen LogP contribution in [0, 0.1) is 0 Å². The van der Waals surface area contributed by atoms with E-state index in [1.165, 1.54) is 22.3 Å². The summed E-state index contributed by atoms with van der Waals surface area (Å²) >= 11 is 0. The first-order valence-corrected chi connectivity index (χ1v) is 18.9. The molecule has 9 aromatic rings. The van der Waals surface area contributed by atoms with Crippen LogP contribution in [0.1, 0.15) is 22.3 Å². The van der Waals surface area contributed by atoms with E-state index in [0.29, 0.717) is 17.5 Å². The Morgan fingerprint density at radius 2 is 0.679 bits per heavy atom. The van der Waals surface area contributed by atoms with Crippen molar-refractivity contribution in [2.45, 2.75) is 5.41 Å². The Bertz CT molecular complexity index is 2770. The van der Waals surface area contributed by atoms with E-state index < -0.39 is 5.41 Å². The quantitative estimate of drug-likeness (QED) is 0.178. The number of ether oxygens (including phenoxy) is 1. The lowest BCUT2D eigenvalue weighted by Gasteiger charge is -2.39. The van der Waals surface area contributed by atoms with E-state index >= 15 is 0 Å². The Hall–Kier alpha value is -7.43. The molecule has 0 unspecified atom stereocenters. The van der Waals surface area contributed by atoms with Crippen molar-refractivity contribution in [3.63, 3.8) is 0 Å². The number of hydrogen-bond donors (Lipinski definition) is 0. The number of benzene rings is 8. The lowest BCUT2D eigenvalue weighted by atomic mass is 9.66. The van der Waals surface area contributed by atoms with E-state index in [2.05, 4.69) is 176 Å². The van der Waals surface area contributed by atoms with Gasteiger partial charge in [0.2, 0.25) is 0 Å². The van der Waals surface area contributed by atoms with Crippen molar-refractivity contribution in [1.29, 1.82) is 0 Å². The molecule has 4 nitrogen and oxygen atoms in total. The first-order chi connectivity index (χ1) is 27.8. The van der Waals surface area contributed by atoms with Crippen LogP contribution in [-0.4, -0.2) is 15.0 Å². The predicted octanol–water partition coefficient (Wildman–Crippen LogP) is 12.7. The van der Waals surface area contributed by atoms with Gasteiger partial charge >= 0.3 is 0 Å². The van der Waals surface area contributed by atoms with Crippen LogP contribution in [0.25, 0.3) is 67.5 Å². The van der Waals surface area contributed by atoms with E-state index in [4.69, 9.17) is 19.7 Å². The van der Waals surface area contributed by atoms with Gasteiger partial charge in [-0.25, -0.2) is 15.0 Å². The molecule has 1 aliphatic carbocycles. The standard InChI is InChI=1S/C52H33N3O/c1-3-14-34(15-4-1)36-26-30-38(31-27-36)49-53-50(39-32-28-37(29-33-39)35-16-5-2-6-17-35)55-51(54-49)41-19-13-23-45-48(41)40-18-7-8-20-42(40)52(45)43-21-9-11-24-46(43)56-47-25-12-10-22-44(47)52/h1-33H. The molecule has 2 aliphatic rings. The molecule has 56 heavy (non-hydrogen) atoms. The minimum absolute atomic E-state index is 0.591. The summed E-state index contributed by atoms with van der Waals surface area (Å²) in [5.74, 6) is 3.60. The third kappa shape index (κ3) is 4.96. The number of para-hydroxylation sites is 2. The Kier molecular flexibility index (Phi) is 7.36. The van der Waals surface area contributed by atoms with Crippen LogP contribution >= 0.6 is 0 Å². The van der Waals surface area contributed by atoms with Crippen molar-refractivity contribution < 1.29 is 4.74 Å². The highest BCUT2D eigenvalue weighted by Crippen LogP contribution is 2.63. The molecule has 0 bridgehead atoms. The molecule has 0 N–H and O–H groups in total. The molecule has 0 amide bonds. The first-order valence-electron chi connectivity index (χ1n) is 18.9. The van der Waals surface area contributed by atoms with Crippen LogP contribution in [0.2, 0.25) is 0 Å². The summed E-state index contributed by atoms with van der Waals surface area (Å²) in [7, 11) is 0. The highest BCUT2D eigenvalue weighted by atomic mass is 16.5. The fourth-order valence-corrected chi connectivity index (χ4v) is 8.73. The zero-order valence-corrected chi connectivity index (χ0v) is 30.3. The molecule has 0 radical (unpaired) electrons. The van der Waals surface area contributed by atoms with Gasteiger partial charge in [0, 0.05) is 27.8 Å². The molecular weight excluding hydrogens is 683 g/mol. The van der Waals surface area contributed by atoms with Gasteiger partial charge in [-0.05, 0) is 56.6 Å². The van der Waals surface area contributed by atoms with Crippen molar-refractivity contribution in [3.8, 4) is 79.0 Å². The largest absolute Gasteiger partial charge is 0.457 e. The van der Waals surface area contributed by atoms with Gasteiger partial charge in [-0.1, -0.05) is 188 Å². The van der Waals surface area contributed by atoms with Crippen molar-refractivity contribution in [2.24, 2.45) is 0 Å². The molecular formula is C52H33N3O. The fourth-order valence-electron chi connectivity index (χ4n) is 8.73. The van der Waals surface area contributed by atoms with Crippen LogP contribution in [0.5, 0.6) is 11.5 Å². The molecule has 0 fully saturated rings. The maximum absolute atomic E-state index is 6.58. The number of nitrogens with zero attached hydrogens (tertiary/aromatic N) is 3. The van der Waals surface area contributed by atoms with Gasteiger partial charge in [0.25, 0.3) is 0 Å². The lowest BCUT2D eigenvalue weighted by molar-refractivity contribution is 0.436. The van der Waals surface area contributed by atoms with E-state index in [1.54, 1.807) is 0 Å². The second-order valence-corrected chi connectivity index (χ2v) is 14.3. The van der Waals surface area contributed by atoms with Gasteiger partial charge in [-0.2, -0.15) is 0 Å². The molecule has 1 aliphatic heterocycles. The third-order valence-electron chi connectivity index (χ3n) is 11.2. The predicted molar refractivity (Wildman–Crippen MR) is 224 cm³/mol. The molecule has 1 spiro atoms. The molecule has 11 rings (SSSR count). The Labute approximate surface area is 325 Å². The highest BCUT2D eigenvalue weighted by Gasteiger charge is 2.51. The number of fused-ring (bicyclic) bond motifs is 9. The average molecular weight is 716 g/mol. The normalized spacial score (nSPS) is 12.9. The van der Waals surface area contributed by atoms with Gasteiger partial charge in [-0.3, -0.25) is 0 Å². The number of rotatable bonds is 5. The van der Waals surface area contributed by atoms with Crippen LogP contribution < -0.4 is 4.74 Å². The average Bonchev–Trinajstić information content (AvgIpc) is 3.58. The summed E-state index contributed by atoms with van der Waals surface area (Å²) in [6, 6.07) is 70.1. The smallest absolute Gasteiger partial charge is 0.164 e. The molecule has 1 aromatic heterocycles. The zero-order valence-electron chi connectivity index (χ0n) is 30.3. The molecule has 8 aromatic carbocycles. The van der Waals surface area contributed by atoms with Gasteiger partial charge in [0.1, 0.15) is 11.5 Å². The topological polar surface area (TPSA) is 47.9 Å². The molecule has 262 valence electrons. The monoisotopic (exact) mass is 715 g/mol. The Morgan fingerprint density at radius 3 is 1.23 bits per heavy atom. The maximum atomic E-state index is 6.58. The van der Waals surface area contributed by atoms with E-state index in [1.807, 2.05) is 24.3 Å². The molecule has 0 atom stereocenters. The molecule has 4 heteroatoms. The second-order valence-electron chi connectivity index (χ2n) is 14.3. The van der Waals surface area contributed by atoms with Gasteiger partial charge in [-0.15, -0.1) is 0 Å². The molecule has 0 saturated carbocycles. The fraction of sp³-hybridized carbons (Fsp3) is 0.0192. The Morgan fingerprint density at radius 1 is 0.286 bits per heavy atom. The van der Waals surface area contributed by atoms with Gasteiger partial charge in [0.15, 0.2) is 17.5 Å². The molecule has 2 heterocycles. The van der Waals surface area contributed by atoms with Crippen LogP contribution in [0.15, 0.2) is 200 Å². The zero-order chi connectivity index (χ0) is 37.1. The van der Waals surface area contributed by atoms with E-state index in [0.717, 1.165) is 61.6 Å². The van der Waals surface area contributed by atoms with Crippen molar-refractivity contribution in [3.05, 3.63) is 222 Å². The maximum Gasteiger partial charge on any atom is 0.164 e. The summed E-state index contributed by atoms with van der Waals surface area (Å²) < 4.78 is 6.58. The lowest BCUT2D eigenvalue weighted by Crippen LogP contribution is -2.32. The molecule has 0 saturated heterocycles. The Balaban J connectivity index is 1.13. The highest BCUT2D eigenvalue weighted by molar-refractivity contribution is 5.95. The van der Waals surface area contributed by atoms with Crippen molar-refractivity contribution in [2.75, 3.05) is 0 Å².